The molecule has 0 heterocycles. The van der Waals surface area contributed by atoms with Crippen LogP contribution in [-0.2, 0) is 0 Å². The number of hydrogen-bond donors (Lipinski definition) is 0. The summed E-state index contributed by atoms with van der Waals surface area (Å²) < 4.78 is 5.40. The third-order valence-corrected chi connectivity index (χ3v) is 1.97. The van der Waals surface area contributed by atoms with Gasteiger partial charge < -0.3 is 4.74 Å². The molecule has 0 unspecified atom stereocenters. The van der Waals surface area contributed by atoms with Crippen LogP contribution in [-0.4, -0.2) is 6.61 Å². The van der Waals surface area contributed by atoms with E-state index < -0.39 is 0 Å². The average Bonchev–Trinajstić information content (AvgIpc) is 2.18. The van der Waals surface area contributed by atoms with E-state index in [1.165, 1.54) is 10.8 Å². The van der Waals surface area contributed by atoms with Crippen molar-refractivity contribution in [3.05, 3.63) is 42.5 Å². The highest BCUT2D eigenvalue weighted by atomic mass is 16.5. The molecule has 0 spiro atoms. The molecule has 13 heavy (non-hydrogen) atoms. The predicted molar refractivity (Wildman–Crippen MR) is 54.0 cm³/mol. The van der Waals surface area contributed by atoms with Gasteiger partial charge in [-0.3, -0.25) is 0 Å². The lowest BCUT2D eigenvalue weighted by molar-refractivity contribution is 0.341. The van der Waals surface area contributed by atoms with Gasteiger partial charge in [0, 0.05) is 0 Å². The Labute approximate surface area is 78.0 Å². The van der Waals surface area contributed by atoms with E-state index >= 15 is 0 Å². The van der Waals surface area contributed by atoms with E-state index in [0.717, 1.165) is 5.75 Å². The molecule has 0 atom stereocenters. The zero-order valence-corrected chi connectivity index (χ0v) is 7.58. The minimum absolute atomic E-state index is 0.713. The van der Waals surface area contributed by atoms with Gasteiger partial charge in [0.2, 0.25) is 0 Å². The second-order valence-corrected chi connectivity index (χ2v) is 2.87. The Kier molecular flexibility index (Phi) is 2.17. The molecule has 0 N–H and O–H groups in total. The summed E-state index contributed by atoms with van der Waals surface area (Å²) in [6, 6.07) is 15.1. The molecule has 1 radical (unpaired) electrons. The monoisotopic (exact) mass is 171 g/mol. The highest BCUT2D eigenvalue weighted by Crippen LogP contribution is 2.19. The van der Waals surface area contributed by atoms with Gasteiger partial charge in [0.05, 0.1) is 6.61 Å². The maximum atomic E-state index is 5.40. The molecule has 0 aromatic heterocycles. The molecule has 2 rings (SSSR count). The van der Waals surface area contributed by atoms with E-state index in [1.54, 1.807) is 0 Å². The first-order chi connectivity index (χ1) is 6.40. The summed E-state index contributed by atoms with van der Waals surface area (Å²) in [6.45, 7) is 2.70. The largest absolute Gasteiger partial charge is 0.494 e. The third kappa shape index (κ3) is 1.64. The fourth-order valence-electron chi connectivity index (χ4n) is 1.36. The average molecular weight is 171 g/mol. The number of benzene rings is 2. The summed E-state index contributed by atoms with van der Waals surface area (Å²) in [5.74, 6) is 0.932. The molecule has 2 aromatic rings. The van der Waals surface area contributed by atoms with Crippen molar-refractivity contribution in [1.29, 1.82) is 0 Å². The van der Waals surface area contributed by atoms with Gasteiger partial charge in [0.1, 0.15) is 5.75 Å². The molecular weight excluding hydrogens is 160 g/mol. The van der Waals surface area contributed by atoms with Crippen LogP contribution in [0.25, 0.3) is 10.8 Å². The SMILES string of the molecule is CCOc1ccc2c[c]ccc2c1. The van der Waals surface area contributed by atoms with Gasteiger partial charge in [-0.2, -0.15) is 0 Å². The molecule has 0 amide bonds. The van der Waals surface area contributed by atoms with Gasteiger partial charge in [-0.05, 0) is 42.0 Å². The van der Waals surface area contributed by atoms with E-state index in [9.17, 15) is 0 Å². The Morgan fingerprint density at radius 1 is 1.23 bits per heavy atom. The molecule has 0 aliphatic rings. The first-order valence-corrected chi connectivity index (χ1v) is 4.43. The topological polar surface area (TPSA) is 9.23 Å². The van der Waals surface area contributed by atoms with Crippen LogP contribution in [0.5, 0.6) is 5.75 Å². The maximum absolute atomic E-state index is 5.40. The fourth-order valence-corrected chi connectivity index (χ4v) is 1.36. The van der Waals surface area contributed by atoms with Crippen LogP contribution in [0.3, 0.4) is 0 Å². The van der Waals surface area contributed by atoms with Crippen LogP contribution in [0.2, 0.25) is 0 Å². The molecule has 65 valence electrons. The van der Waals surface area contributed by atoms with Crippen molar-refractivity contribution >= 4 is 10.8 Å². The Bertz CT molecular complexity index is 407. The van der Waals surface area contributed by atoms with Crippen LogP contribution in [0, 0.1) is 6.07 Å². The van der Waals surface area contributed by atoms with E-state index in [2.05, 4.69) is 12.1 Å². The van der Waals surface area contributed by atoms with Crippen molar-refractivity contribution in [2.45, 2.75) is 6.92 Å². The van der Waals surface area contributed by atoms with Crippen molar-refractivity contribution in [2.24, 2.45) is 0 Å². The summed E-state index contributed by atoms with van der Waals surface area (Å²) in [4.78, 5) is 0. The molecular formula is C12H11O. The second-order valence-electron chi connectivity index (χ2n) is 2.87. The summed E-state index contributed by atoms with van der Waals surface area (Å²) in [5, 5.41) is 2.40. The van der Waals surface area contributed by atoms with Crippen LogP contribution < -0.4 is 4.74 Å². The smallest absolute Gasteiger partial charge is 0.119 e. The van der Waals surface area contributed by atoms with Gasteiger partial charge in [-0.15, -0.1) is 0 Å². The Hall–Kier alpha value is -1.50. The quantitative estimate of drug-likeness (QED) is 0.674. The van der Waals surface area contributed by atoms with Gasteiger partial charge in [0.25, 0.3) is 0 Å². The summed E-state index contributed by atoms with van der Waals surface area (Å²) >= 11 is 0. The lowest BCUT2D eigenvalue weighted by atomic mass is 10.1. The fraction of sp³-hybridized carbons (Fsp3) is 0.167. The lowest BCUT2D eigenvalue weighted by Crippen LogP contribution is -1.90. The van der Waals surface area contributed by atoms with Crippen molar-refractivity contribution in [2.75, 3.05) is 6.61 Å². The first-order valence-electron chi connectivity index (χ1n) is 4.43. The van der Waals surface area contributed by atoms with Crippen LogP contribution in [0.1, 0.15) is 6.92 Å². The van der Waals surface area contributed by atoms with E-state index in [-0.39, 0.29) is 0 Å². The zero-order chi connectivity index (χ0) is 9.10. The van der Waals surface area contributed by atoms with Crippen molar-refractivity contribution < 1.29 is 4.74 Å². The Morgan fingerprint density at radius 2 is 2.15 bits per heavy atom. The molecule has 0 fully saturated rings. The highest BCUT2D eigenvalue weighted by molar-refractivity contribution is 5.83. The minimum atomic E-state index is 0.713. The molecule has 0 aliphatic heterocycles. The Morgan fingerprint density at radius 3 is 3.00 bits per heavy atom. The predicted octanol–water partition coefficient (Wildman–Crippen LogP) is 3.04. The van der Waals surface area contributed by atoms with Crippen molar-refractivity contribution in [1.82, 2.24) is 0 Å². The second kappa shape index (κ2) is 3.48. The first kappa shape index (κ1) is 8.11. The van der Waals surface area contributed by atoms with E-state index in [1.807, 2.05) is 37.3 Å². The number of ether oxygens (including phenoxy) is 1. The Balaban J connectivity index is 2.49. The van der Waals surface area contributed by atoms with Crippen LogP contribution in [0.15, 0.2) is 36.4 Å². The standard InChI is InChI=1S/C12H11O/c1-2-13-12-8-7-10-5-3-4-6-11(10)9-12/h4-9H,2H2,1H3. The van der Waals surface area contributed by atoms with Crippen LogP contribution >= 0.6 is 0 Å². The van der Waals surface area contributed by atoms with E-state index in [4.69, 9.17) is 4.74 Å². The maximum Gasteiger partial charge on any atom is 0.119 e. The number of hydrogen-bond acceptors (Lipinski definition) is 1. The highest BCUT2D eigenvalue weighted by Gasteiger charge is 1.94. The number of rotatable bonds is 2. The normalized spacial score (nSPS) is 10.2. The van der Waals surface area contributed by atoms with Gasteiger partial charge in [-0.1, -0.05) is 18.2 Å². The lowest BCUT2D eigenvalue weighted by Gasteiger charge is -2.03. The van der Waals surface area contributed by atoms with Gasteiger partial charge in [-0.25, -0.2) is 0 Å². The molecule has 1 heteroatoms. The zero-order valence-electron chi connectivity index (χ0n) is 7.58. The number of fused-ring (bicyclic) bond motifs is 1. The third-order valence-electron chi connectivity index (χ3n) is 1.97. The van der Waals surface area contributed by atoms with Gasteiger partial charge in [0.15, 0.2) is 0 Å². The summed E-state index contributed by atoms with van der Waals surface area (Å²) in [5.41, 5.74) is 0. The molecule has 1 nitrogen and oxygen atoms in total. The minimum Gasteiger partial charge on any atom is -0.494 e. The summed E-state index contributed by atoms with van der Waals surface area (Å²) in [6.07, 6.45) is 0. The molecule has 0 saturated carbocycles. The van der Waals surface area contributed by atoms with E-state index in [0.29, 0.717) is 6.61 Å². The summed E-state index contributed by atoms with van der Waals surface area (Å²) in [7, 11) is 0. The van der Waals surface area contributed by atoms with Crippen molar-refractivity contribution in [3.8, 4) is 5.75 Å². The molecule has 0 bridgehead atoms. The molecule has 0 saturated heterocycles. The molecule has 2 aromatic carbocycles. The van der Waals surface area contributed by atoms with Gasteiger partial charge >= 0.3 is 0 Å². The molecule has 0 aliphatic carbocycles. The van der Waals surface area contributed by atoms with Crippen molar-refractivity contribution in [3.63, 3.8) is 0 Å². The van der Waals surface area contributed by atoms with Crippen LogP contribution in [0.4, 0.5) is 0 Å².